The van der Waals surface area contributed by atoms with Crippen LogP contribution in [0.4, 0.5) is 0 Å². The van der Waals surface area contributed by atoms with Gasteiger partial charge in [0.25, 0.3) is 5.91 Å². The van der Waals surface area contributed by atoms with E-state index in [0.29, 0.717) is 18.7 Å². The molecule has 0 saturated heterocycles. The number of hydrogen-bond acceptors (Lipinski definition) is 1. The van der Waals surface area contributed by atoms with Crippen LogP contribution in [0.2, 0.25) is 0 Å². The molecule has 3 heteroatoms. The number of benzene rings is 2. The summed E-state index contributed by atoms with van der Waals surface area (Å²) < 4.78 is 2.03. The third-order valence-corrected chi connectivity index (χ3v) is 4.28. The fraction of sp³-hybridized carbons (Fsp3) is 0.136. The van der Waals surface area contributed by atoms with Crippen LogP contribution in [0.5, 0.6) is 0 Å². The number of amides is 1. The van der Waals surface area contributed by atoms with E-state index >= 15 is 0 Å². The van der Waals surface area contributed by atoms with E-state index < -0.39 is 0 Å². The smallest absolute Gasteiger partial charge is 0.254 e. The second-order valence-electron chi connectivity index (χ2n) is 6.03. The Morgan fingerprint density at radius 2 is 1.68 bits per heavy atom. The summed E-state index contributed by atoms with van der Waals surface area (Å²) in [7, 11) is 1.99. The third kappa shape index (κ3) is 3.89. The number of rotatable bonds is 6. The Labute approximate surface area is 148 Å². The van der Waals surface area contributed by atoms with Gasteiger partial charge in [0.15, 0.2) is 0 Å². The van der Waals surface area contributed by atoms with Gasteiger partial charge < -0.3 is 9.47 Å². The monoisotopic (exact) mass is 330 g/mol. The van der Waals surface area contributed by atoms with E-state index in [4.69, 9.17) is 0 Å². The highest BCUT2D eigenvalue weighted by atomic mass is 16.2. The van der Waals surface area contributed by atoms with Gasteiger partial charge >= 0.3 is 0 Å². The molecule has 0 N–H and O–H groups in total. The minimum atomic E-state index is 0.0145. The highest BCUT2D eigenvalue weighted by Crippen LogP contribution is 2.20. The Morgan fingerprint density at radius 3 is 2.28 bits per heavy atom. The van der Waals surface area contributed by atoms with Crippen molar-refractivity contribution in [2.75, 3.05) is 6.54 Å². The van der Waals surface area contributed by atoms with Gasteiger partial charge in [-0.05, 0) is 35.4 Å². The van der Waals surface area contributed by atoms with Gasteiger partial charge in [-0.1, -0.05) is 48.5 Å². The molecule has 0 atom stereocenters. The molecule has 1 amide bonds. The number of nitrogens with zero attached hydrogens (tertiary/aromatic N) is 2. The van der Waals surface area contributed by atoms with Crippen molar-refractivity contribution < 1.29 is 4.79 Å². The molecule has 3 nitrogen and oxygen atoms in total. The van der Waals surface area contributed by atoms with Gasteiger partial charge in [0.1, 0.15) is 0 Å². The quantitative estimate of drug-likeness (QED) is 0.610. The molecule has 1 aromatic heterocycles. The van der Waals surface area contributed by atoms with Crippen LogP contribution in [0, 0.1) is 0 Å². The highest BCUT2D eigenvalue weighted by Gasteiger charge is 2.16. The van der Waals surface area contributed by atoms with E-state index in [2.05, 4.69) is 18.7 Å². The second kappa shape index (κ2) is 7.67. The van der Waals surface area contributed by atoms with Gasteiger partial charge in [-0.15, -0.1) is 6.58 Å². The van der Waals surface area contributed by atoms with Crippen molar-refractivity contribution in [3.63, 3.8) is 0 Å². The van der Waals surface area contributed by atoms with E-state index in [0.717, 1.165) is 16.8 Å². The van der Waals surface area contributed by atoms with Crippen molar-refractivity contribution in [1.29, 1.82) is 0 Å². The van der Waals surface area contributed by atoms with Crippen LogP contribution >= 0.6 is 0 Å². The van der Waals surface area contributed by atoms with Crippen LogP contribution in [0.15, 0.2) is 85.6 Å². The lowest BCUT2D eigenvalue weighted by Gasteiger charge is -2.22. The molecule has 0 aliphatic carbocycles. The zero-order valence-electron chi connectivity index (χ0n) is 14.4. The lowest BCUT2D eigenvalue weighted by Crippen LogP contribution is -2.31. The van der Waals surface area contributed by atoms with E-state index in [1.165, 1.54) is 0 Å². The van der Waals surface area contributed by atoms with Gasteiger partial charge in [0, 0.05) is 31.0 Å². The van der Waals surface area contributed by atoms with Gasteiger partial charge in [0.2, 0.25) is 0 Å². The number of hydrogen-bond donors (Lipinski definition) is 0. The van der Waals surface area contributed by atoms with Crippen molar-refractivity contribution in [2.45, 2.75) is 6.54 Å². The SMILES string of the molecule is C=CCN(Cc1cccn1C)C(=O)c1ccc(-c2ccccc2)cc1. The van der Waals surface area contributed by atoms with Crippen molar-refractivity contribution in [2.24, 2.45) is 7.05 Å². The number of carbonyl (C=O) groups excluding carboxylic acids is 1. The molecular formula is C22H22N2O. The maximum absolute atomic E-state index is 12.9. The third-order valence-electron chi connectivity index (χ3n) is 4.28. The fourth-order valence-electron chi connectivity index (χ4n) is 2.85. The summed E-state index contributed by atoms with van der Waals surface area (Å²) in [6.45, 7) is 4.86. The van der Waals surface area contributed by atoms with Crippen molar-refractivity contribution >= 4 is 5.91 Å². The summed E-state index contributed by atoms with van der Waals surface area (Å²) >= 11 is 0. The summed E-state index contributed by atoms with van der Waals surface area (Å²) in [5.74, 6) is 0.0145. The summed E-state index contributed by atoms with van der Waals surface area (Å²) in [6.07, 6.45) is 3.75. The Hall–Kier alpha value is -3.07. The first-order valence-electron chi connectivity index (χ1n) is 8.35. The molecule has 0 saturated carbocycles. The van der Waals surface area contributed by atoms with Crippen LogP contribution in [0.25, 0.3) is 11.1 Å². The van der Waals surface area contributed by atoms with E-state index in [-0.39, 0.29) is 5.91 Å². The Kier molecular flexibility index (Phi) is 5.14. The Morgan fingerprint density at radius 1 is 1.00 bits per heavy atom. The first-order valence-corrected chi connectivity index (χ1v) is 8.35. The molecule has 0 radical (unpaired) electrons. The molecule has 3 aromatic rings. The normalized spacial score (nSPS) is 10.4. The summed E-state index contributed by atoms with van der Waals surface area (Å²) in [5.41, 5.74) is 4.04. The Bertz CT molecular complexity index is 847. The molecule has 0 bridgehead atoms. The predicted octanol–water partition coefficient (Wildman–Crippen LogP) is 4.52. The molecule has 0 fully saturated rings. The predicted molar refractivity (Wildman–Crippen MR) is 102 cm³/mol. The highest BCUT2D eigenvalue weighted by molar-refractivity contribution is 5.94. The molecular weight excluding hydrogens is 308 g/mol. The van der Waals surface area contributed by atoms with Crippen molar-refractivity contribution in [3.05, 3.63) is 96.8 Å². The maximum atomic E-state index is 12.9. The number of aryl methyl sites for hydroxylation is 1. The minimum Gasteiger partial charge on any atom is -0.353 e. The molecule has 0 aliphatic heterocycles. The lowest BCUT2D eigenvalue weighted by molar-refractivity contribution is 0.0759. The molecule has 2 aromatic carbocycles. The summed E-state index contributed by atoms with van der Waals surface area (Å²) in [6, 6.07) is 22.0. The van der Waals surface area contributed by atoms with Crippen LogP contribution in [0.3, 0.4) is 0 Å². The summed E-state index contributed by atoms with van der Waals surface area (Å²) in [5, 5.41) is 0. The first kappa shape index (κ1) is 16.8. The van der Waals surface area contributed by atoms with Crippen LogP contribution in [0.1, 0.15) is 16.1 Å². The average molecular weight is 330 g/mol. The molecule has 0 spiro atoms. The van der Waals surface area contributed by atoms with E-state index in [1.54, 1.807) is 11.0 Å². The van der Waals surface area contributed by atoms with Gasteiger partial charge in [-0.3, -0.25) is 4.79 Å². The zero-order chi connectivity index (χ0) is 17.6. The van der Waals surface area contributed by atoms with Gasteiger partial charge in [-0.2, -0.15) is 0 Å². The first-order chi connectivity index (χ1) is 12.2. The average Bonchev–Trinajstić information content (AvgIpc) is 3.06. The van der Waals surface area contributed by atoms with Crippen LogP contribution in [-0.2, 0) is 13.6 Å². The molecule has 126 valence electrons. The zero-order valence-corrected chi connectivity index (χ0v) is 14.4. The lowest BCUT2D eigenvalue weighted by atomic mass is 10.0. The van der Waals surface area contributed by atoms with Crippen LogP contribution in [-0.4, -0.2) is 21.9 Å². The summed E-state index contributed by atoms with van der Waals surface area (Å²) in [4.78, 5) is 14.7. The Balaban J connectivity index is 1.80. The number of carbonyl (C=O) groups is 1. The molecule has 0 aliphatic rings. The van der Waals surface area contributed by atoms with Crippen molar-refractivity contribution in [3.8, 4) is 11.1 Å². The fourth-order valence-corrected chi connectivity index (χ4v) is 2.85. The topological polar surface area (TPSA) is 25.2 Å². The minimum absolute atomic E-state index is 0.0145. The molecule has 1 heterocycles. The van der Waals surface area contributed by atoms with E-state index in [9.17, 15) is 4.79 Å². The molecule has 0 unspecified atom stereocenters. The van der Waals surface area contributed by atoms with Crippen LogP contribution < -0.4 is 0 Å². The second-order valence-corrected chi connectivity index (χ2v) is 6.03. The number of aromatic nitrogens is 1. The van der Waals surface area contributed by atoms with Gasteiger partial charge in [-0.25, -0.2) is 0 Å². The van der Waals surface area contributed by atoms with Crippen molar-refractivity contribution in [1.82, 2.24) is 9.47 Å². The molecule has 25 heavy (non-hydrogen) atoms. The molecule has 3 rings (SSSR count). The maximum Gasteiger partial charge on any atom is 0.254 e. The standard InChI is InChI=1S/C22H22N2O/c1-3-15-24(17-21-10-7-16-23(21)2)22(25)20-13-11-19(12-14-20)18-8-5-4-6-9-18/h3-14,16H,1,15,17H2,2H3. The van der Waals surface area contributed by atoms with E-state index in [1.807, 2.05) is 72.4 Å². The van der Waals surface area contributed by atoms with Gasteiger partial charge in [0.05, 0.1) is 6.54 Å². The largest absolute Gasteiger partial charge is 0.353 e.